The van der Waals surface area contributed by atoms with Crippen molar-refractivity contribution in [2.24, 2.45) is 0 Å². The Balaban J connectivity index is 1.66. The Kier molecular flexibility index (Phi) is 3.86. The maximum Gasteiger partial charge on any atom is 0.267 e. The van der Waals surface area contributed by atoms with Crippen LogP contribution in [0.5, 0.6) is 0 Å². The molecule has 4 rings (SSSR count). The van der Waals surface area contributed by atoms with E-state index >= 15 is 0 Å². The summed E-state index contributed by atoms with van der Waals surface area (Å²) in [5, 5.41) is 2.97. The smallest absolute Gasteiger partial charge is 0.267 e. The van der Waals surface area contributed by atoms with Gasteiger partial charge in [0.2, 0.25) is 0 Å². The highest BCUT2D eigenvalue weighted by atomic mass is 32.1. The molecule has 25 heavy (non-hydrogen) atoms. The summed E-state index contributed by atoms with van der Waals surface area (Å²) in [4.78, 5) is 18.8. The molecule has 0 spiro atoms. The second-order valence-corrected chi connectivity index (χ2v) is 6.96. The Hall–Kier alpha value is -2.92. The van der Waals surface area contributed by atoms with E-state index in [0.29, 0.717) is 4.88 Å². The van der Waals surface area contributed by atoms with Gasteiger partial charge in [-0.05, 0) is 31.5 Å². The molecule has 4 nitrogen and oxygen atoms in total. The zero-order valence-corrected chi connectivity index (χ0v) is 14.8. The second-order valence-electron chi connectivity index (χ2n) is 5.98. The second kappa shape index (κ2) is 6.18. The minimum absolute atomic E-state index is 0.0974. The number of nitrogens with zero attached hydrogens (tertiary/aromatic N) is 2. The summed E-state index contributed by atoms with van der Waals surface area (Å²) < 4.78 is 1.98. The Morgan fingerprint density at radius 1 is 1.08 bits per heavy atom. The molecule has 0 aliphatic heterocycles. The summed E-state index contributed by atoms with van der Waals surface area (Å²) in [5.41, 5.74) is 4.81. The van der Waals surface area contributed by atoms with Crippen LogP contribution < -0.4 is 5.32 Å². The number of aromatic nitrogens is 2. The van der Waals surface area contributed by atoms with Gasteiger partial charge >= 0.3 is 0 Å². The molecule has 0 atom stereocenters. The van der Waals surface area contributed by atoms with Crippen LogP contribution in [0.2, 0.25) is 0 Å². The largest absolute Gasteiger partial charge is 0.321 e. The van der Waals surface area contributed by atoms with Gasteiger partial charge in [-0.3, -0.25) is 9.20 Å². The number of amides is 1. The molecule has 2 heterocycles. The summed E-state index contributed by atoms with van der Waals surface area (Å²) in [6.45, 7) is 3.95. The summed E-state index contributed by atoms with van der Waals surface area (Å²) in [7, 11) is 0. The Morgan fingerprint density at radius 2 is 1.88 bits per heavy atom. The summed E-state index contributed by atoms with van der Waals surface area (Å²) in [6, 6.07) is 17.8. The first-order chi connectivity index (χ1) is 12.1. The molecule has 1 N–H and O–H groups in total. The molecular weight excluding hydrogens is 330 g/mol. The van der Waals surface area contributed by atoms with Crippen LogP contribution in [0.25, 0.3) is 16.2 Å². The number of hydrogen-bond acceptors (Lipinski definition) is 3. The number of rotatable bonds is 3. The van der Waals surface area contributed by atoms with Gasteiger partial charge in [0, 0.05) is 23.1 Å². The highest BCUT2D eigenvalue weighted by molar-refractivity contribution is 7.19. The molecule has 0 aliphatic carbocycles. The lowest BCUT2D eigenvalue weighted by molar-refractivity contribution is 0.102. The van der Waals surface area contributed by atoms with Crippen molar-refractivity contribution in [3.05, 3.63) is 76.9 Å². The van der Waals surface area contributed by atoms with Gasteiger partial charge in [0.15, 0.2) is 4.96 Å². The summed E-state index contributed by atoms with van der Waals surface area (Å²) >= 11 is 1.41. The normalized spacial score (nSPS) is 11.0. The van der Waals surface area contributed by atoms with E-state index in [4.69, 9.17) is 0 Å². The van der Waals surface area contributed by atoms with Crippen molar-refractivity contribution in [3.8, 4) is 11.3 Å². The van der Waals surface area contributed by atoms with Crippen LogP contribution in [0.3, 0.4) is 0 Å². The average Bonchev–Trinajstić information content (AvgIpc) is 3.15. The zero-order chi connectivity index (χ0) is 17.4. The Morgan fingerprint density at radius 3 is 2.60 bits per heavy atom. The first-order valence-corrected chi connectivity index (χ1v) is 8.85. The van der Waals surface area contributed by atoms with Gasteiger partial charge in [-0.15, -0.1) is 0 Å². The SMILES string of the molecule is Cc1cccc(NC(=O)c2sc3nc(-c4ccccc4)cn3c2C)c1. The van der Waals surface area contributed by atoms with E-state index in [-0.39, 0.29) is 5.91 Å². The van der Waals surface area contributed by atoms with E-state index in [1.54, 1.807) is 0 Å². The number of anilines is 1. The number of aryl methyl sites for hydroxylation is 2. The highest BCUT2D eigenvalue weighted by Gasteiger charge is 2.18. The Bertz CT molecular complexity index is 1060. The molecule has 4 aromatic rings. The Labute approximate surface area is 149 Å². The molecule has 124 valence electrons. The van der Waals surface area contributed by atoms with E-state index < -0.39 is 0 Å². The third kappa shape index (κ3) is 2.94. The molecule has 0 unspecified atom stereocenters. The number of imidazole rings is 1. The van der Waals surface area contributed by atoms with Gasteiger partial charge in [0.05, 0.1) is 5.69 Å². The minimum Gasteiger partial charge on any atom is -0.321 e. The summed E-state index contributed by atoms with van der Waals surface area (Å²) in [5.74, 6) is -0.0974. The third-order valence-electron chi connectivity index (χ3n) is 4.11. The van der Waals surface area contributed by atoms with Crippen molar-refractivity contribution in [1.82, 2.24) is 9.38 Å². The topological polar surface area (TPSA) is 46.4 Å². The lowest BCUT2D eigenvalue weighted by Crippen LogP contribution is -2.11. The van der Waals surface area contributed by atoms with Gasteiger partial charge in [0.25, 0.3) is 5.91 Å². The molecule has 0 saturated heterocycles. The van der Waals surface area contributed by atoms with Crippen LogP contribution in [0.15, 0.2) is 60.8 Å². The van der Waals surface area contributed by atoms with Crippen molar-refractivity contribution in [3.63, 3.8) is 0 Å². The number of benzene rings is 2. The standard InChI is InChI=1S/C20H17N3OS/c1-13-7-6-10-16(11-13)21-19(24)18-14(2)23-12-17(22-20(23)25-18)15-8-4-3-5-9-15/h3-12H,1-2H3,(H,21,24). The molecule has 0 saturated carbocycles. The van der Waals surface area contributed by atoms with Gasteiger partial charge in [-0.2, -0.15) is 0 Å². The van der Waals surface area contributed by atoms with E-state index in [1.165, 1.54) is 11.3 Å². The number of nitrogens with one attached hydrogen (secondary N) is 1. The number of hydrogen-bond donors (Lipinski definition) is 1. The zero-order valence-electron chi connectivity index (χ0n) is 14.0. The van der Waals surface area contributed by atoms with Crippen molar-refractivity contribution in [2.45, 2.75) is 13.8 Å². The van der Waals surface area contributed by atoms with Crippen molar-refractivity contribution in [2.75, 3.05) is 5.32 Å². The molecular formula is C20H17N3OS. The third-order valence-corrected chi connectivity index (χ3v) is 5.26. The fourth-order valence-electron chi connectivity index (χ4n) is 2.82. The fourth-order valence-corrected chi connectivity index (χ4v) is 3.82. The minimum atomic E-state index is -0.0974. The quantitative estimate of drug-likeness (QED) is 0.571. The predicted molar refractivity (Wildman–Crippen MR) is 102 cm³/mol. The lowest BCUT2D eigenvalue weighted by Gasteiger charge is -2.05. The molecule has 0 fully saturated rings. The molecule has 0 aliphatic rings. The molecule has 2 aromatic heterocycles. The van der Waals surface area contributed by atoms with Crippen molar-refractivity contribution < 1.29 is 4.79 Å². The highest BCUT2D eigenvalue weighted by Crippen LogP contribution is 2.27. The number of carbonyl (C=O) groups is 1. The molecule has 1 amide bonds. The van der Waals surface area contributed by atoms with Crippen molar-refractivity contribution >= 4 is 27.9 Å². The maximum absolute atomic E-state index is 12.6. The van der Waals surface area contributed by atoms with Crippen LogP contribution in [-0.2, 0) is 0 Å². The van der Waals surface area contributed by atoms with Crippen LogP contribution >= 0.6 is 11.3 Å². The molecule has 0 bridgehead atoms. The first-order valence-electron chi connectivity index (χ1n) is 8.04. The van der Waals surface area contributed by atoms with E-state index in [1.807, 2.05) is 79.0 Å². The van der Waals surface area contributed by atoms with Crippen LogP contribution in [0.4, 0.5) is 5.69 Å². The number of fused-ring (bicyclic) bond motifs is 1. The average molecular weight is 347 g/mol. The monoisotopic (exact) mass is 347 g/mol. The molecule has 0 radical (unpaired) electrons. The van der Waals surface area contributed by atoms with E-state index in [2.05, 4.69) is 10.3 Å². The van der Waals surface area contributed by atoms with Crippen LogP contribution in [0, 0.1) is 13.8 Å². The fraction of sp³-hybridized carbons (Fsp3) is 0.100. The van der Waals surface area contributed by atoms with E-state index in [0.717, 1.165) is 33.2 Å². The lowest BCUT2D eigenvalue weighted by atomic mass is 10.2. The van der Waals surface area contributed by atoms with Gasteiger partial charge in [-0.1, -0.05) is 53.8 Å². The predicted octanol–water partition coefficient (Wildman–Crippen LogP) is 4.93. The van der Waals surface area contributed by atoms with Gasteiger partial charge in [-0.25, -0.2) is 4.98 Å². The first kappa shape index (κ1) is 15.6. The number of thiazole rings is 1. The summed E-state index contributed by atoms with van der Waals surface area (Å²) in [6.07, 6.45) is 1.99. The number of carbonyl (C=O) groups excluding carboxylic acids is 1. The van der Waals surface area contributed by atoms with Crippen LogP contribution in [-0.4, -0.2) is 15.3 Å². The maximum atomic E-state index is 12.6. The molecule has 2 aromatic carbocycles. The van der Waals surface area contributed by atoms with Gasteiger partial charge < -0.3 is 5.32 Å². The van der Waals surface area contributed by atoms with Crippen LogP contribution in [0.1, 0.15) is 20.9 Å². The molecule has 5 heteroatoms. The van der Waals surface area contributed by atoms with Crippen molar-refractivity contribution in [1.29, 1.82) is 0 Å². The van der Waals surface area contributed by atoms with Gasteiger partial charge in [0.1, 0.15) is 4.88 Å². The van der Waals surface area contributed by atoms with E-state index in [9.17, 15) is 4.79 Å².